The summed E-state index contributed by atoms with van der Waals surface area (Å²) >= 11 is 0. The first-order chi connectivity index (χ1) is 13.7. The lowest BCUT2D eigenvalue weighted by atomic mass is 10.1. The topological polar surface area (TPSA) is 51.2 Å². The number of carbonyl (C=O) groups excluding carboxylic acids is 1. The van der Waals surface area contributed by atoms with Gasteiger partial charge < -0.3 is 10.1 Å². The number of hydrogen-bond acceptors (Lipinski definition) is 3. The Bertz CT molecular complexity index is 1040. The Balaban J connectivity index is 1.62. The summed E-state index contributed by atoms with van der Waals surface area (Å²) in [4.78, 5) is 16.7. The van der Waals surface area contributed by atoms with Crippen molar-refractivity contribution in [1.29, 1.82) is 0 Å². The molecule has 0 spiro atoms. The van der Waals surface area contributed by atoms with E-state index in [0.717, 1.165) is 23.7 Å². The van der Waals surface area contributed by atoms with E-state index in [1.165, 1.54) is 0 Å². The zero-order chi connectivity index (χ0) is 19.8. The van der Waals surface area contributed by atoms with E-state index in [4.69, 9.17) is 4.74 Å². The molecule has 0 saturated carbocycles. The van der Waals surface area contributed by atoms with Gasteiger partial charge in [-0.2, -0.15) is 0 Å². The Morgan fingerprint density at radius 1 is 1.21 bits per heavy atom. The van der Waals surface area contributed by atoms with Gasteiger partial charge in [0.25, 0.3) is 5.91 Å². The predicted molar refractivity (Wildman–Crippen MR) is 107 cm³/mol. The molecule has 0 radical (unpaired) electrons. The van der Waals surface area contributed by atoms with Crippen LogP contribution in [0.3, 0.4) is 0 Å². The van der Waals surface area contributed by atoms with Crippen LogP contribution in [0, 0.1) is 17.7 Å². The van der Waals surface area contributed by atoms with Crippen LogP contribution in [0.4, 0.5) is 4.39 Å². The van der Waals surface area contributed by atoms with Gasteiger partial charge in [0.15, 0.2) is 11.6 Å². The molecule has 0 fully saturated rings. The fourth-order valence-electron chi connectivity index (χ4n) is 2.77. The molecule has 0 aliphatic heterocycles. The summed E-state index contributed by atoms with van der Waals surface area (Å²) in [6.07, 6.45) is 3.16. The van der Waals surface area contributed by atoms with E-state index in [1.807, 2.05) is 12.1 Å². The smallest absolute Gasteiger partial charge is 0.251 e. The van der Waals surface area contributed by atoms with Crippen LogP contribution < -0.4 is 10.1 Å². The molecule has 0 unspecified atom stereocenters. The molecule has 1 N–H and O–H groups in total. The van der Waals surface area contributed by atoms with Crippen molar-refractivity contribution in [3.63, 3.8) is 0 Å². The fourth-order valence-corrected chi connectivity index (χ4v) is 2.77. The highest BCUT2D eigenvalue weighted by Crippen LogP contribution is 2.21. The minimum atomic E-state index is -0.452. The minimum Gasteiger partial charge on any atom is -0.490 e. The Labute approximate surface area is 163 Å². The molecule has 5 heteroatoms. The molecule has 0 aliphatic carbocycles. The van der Waals surface area contributed by atoms with Gasteiger partial charge in [-0.25, -0.2) is 4.39 Å². The number of amides is 1. The fraction of sp³-hybridized carbons (Fsp3) is 0.217. The maximum Gasteiger partial charge on any atom is 0.251 e. The number of unbranched alkanes of at least 4 members (excludes halogenated alkanes) is 1. The first-order valence-electron chi connectivity index (χ1n) is 9.12. The van der Waals surface area contributed by atoms with Gasteiger partial charge in [0.1, 0.15) is 0 Å². The van der Waals surface area contributed by atoms with Crippen molar-refractivity contribution in [1.82, 2.24) is 10.3 Å². The number of halogens is 1. The maximum absolute atomic E-state index is 14.6. The minimum absolute atomic E-state index is 0.0776. The first-order valence-corrected chi connectivity index (χ1v) is 9.12. The Kier molecular flexibility index (Phi) is 6.59. The largest absolute Gasteiger partial charge is 0.490 e. The molecule has 3 aromatic rings. The summed E-state index contributed by atoms with van der Waals surface area (Å²) in [5.41, 5.74) is 1.70. The second kappa shape index (κ2) is 9.52. The first kappa shape index (κ1) is 19.4. The van der Waals surface area contributed by atoms with E-state index < -0.39 is 5.82 Å². The summed E-state index contributed by atoms with van der Waals surface area (Å²) in [6.45, 7) is 2.26. The third-order valence-corrected chi connectivity index (χ3v) is 4.23. The summed E-state index contributed by atoms with van der Waals surface area (Å²) in [7, 11) is 0. The molecule has 0 bridgehead atoms. The monoisotopic (exact) mass is 376 g/mol. The highest BCUT2D eigenvalue weighted by molar-refractivity contribution is 5.97. The quantitative estimate of drug-likeness (QED) is 0.488. The molecule has 0 aliphatic rings. The molecule has 142 valence electrons. The lowest BCUT2D eigenvalue weighted by Gasteiger charge is -2.11. The van der Waals surface area contributed by atoms with Crippen molar-refractivity contribution in [2.45, 2.75) is 26.3 Å². The van der Waals surface area contributed by atoms with Crippen LogP contribution >= 0.6 is 0 Å². The third-order valence-electron chi connectivity index (χ3n) is 4.23. The van der Waals surface area contributed by atoms with Crippen LogP contribution in [0.15, 0.2) is 54.7 Å². The molecule has 1 heterocycles. The van der Waals surface area contributed by atoms with Crippen molar-refractivity contribution >= 4 is 16.8 Å². The molecule has 1 amide bonds. The van der Waals surface area contributed by atoms with Gasteiger partial charge in [-0.3, -0.25) is 9.78 Å². The van der Waals surface area contributed by atoms with E-state index in [1.54, 1.807) is 49.5 Å². The second-order valence-electron chi connectivity index (χ2n) is 6.20. The standard InChI is InChI=1S/C23H21FN2O2/c1-2-3-4-5-14-28-21-10-6-8-19(22(21)24)16-26-23(27)18-11-12-20-17(15-18)9-7-13-25-20/h6-13,15H,4-5,14,16H2,1H3,(H,26,27). The van der Waals surface area contributed by atoms with Gasteiger partial charge >= 0.3 is 0 Å². The average Bonchev–Trinajstić information content (AvgIpc) is 2.73. The summed E-state index contributed by atoms with van der Waals surface area (Å²) < 4.78 is 20.1. The Morgan fingerprint density at radius 3 is 2.96 bits per heavy atom. The van der Waals surface area contributed by atoms with Crippen molar-refractivity contribution in [3.8, 4) is 17.6 Å². The third kappa shape index (κ3) is 4.86. The molecule has 28 heavy (non-hydrogen) atoms. The summed E-state index contributed by atoms with van der Waals surface area (Å²) in [6, 6.07) is 13.9. The van der Waals surface area contributed by atoms with E-state index in [0.29, 0.717) is 17.7 Å². The molecular weight excluding hydrogens is 355 g/mol. The molecule has 1 aromatic heterocycles. The lowest BCUT2D eigenvalue weighted by Crippen LogP contribution is -2.23. The number of hydrogen-bond donors (Lipinski definition) is 1. The van der Waals surface area contributed by atoms with Gasteiger partial charge in [-0.05, 0) is 43.7 Å². The lowest BCUT2D eigenvalue weighted by molar-refractivity contribution is 0.0950. The van der Waals surface area contributed by atoms with Crippen molar-refractivity contribution < 1.29 is 13.9 Å². The second-order valence-corrected chi connectivity index (χ2v) is 6.20. The van der Waals surface area contributed by atoms with Crippen LogP contribution in [-0.2, 0) is 6.54 Å². The normalized spacial score (nSPS) is 10.2. The number of nitrogens with one attached hydrogen (secondary N) is 1. The van der Waals surface area contributed by atoms with Crippen LogP contribution in [0.2, 0.25) is 0 Å². The van der Waals surface area contributed by atoms with Crippen LogP contribution in [0.25, 0.3) is 10.9 Å². The van der Waals surface area contributed by atoms with Crippen LogP contribution in [0.1, 0.15) is 35.7 Å². The van der Waals surface area contributed by atoms with Crippen LogP contribution in [-0.4, -0.2) is 17.5 Å². The Morgan fingerprint density at radius 2 is 2.11 bits per heavy atom. The van der Waals surface area contributed by atoms with Gasteiger partial charge in [0.05, 0.1) is 12.1 Å². The zero-order valence-electron chi connectivity index (χ0n) is 15.7. The number of aromatic nitrogens is 1. The molecular formula is C23H21FN2O2. The van der Waals surface area contributed by atoms with Gasteiger partial charge in [-0.15, -0.1) is 11.8 Å². The summed E-state index contributed by atoms with van der Waals surface area (Å²) in [5.74, 6) is 5.23. The number of fused-ring (bicyclic) bond motifs is 1. The maximum atomic E-state index is 14.6. The van der Waals surface area contributed by atoms with E-state index in [2.05, 4.69) is 22.1 Å². The molecule has 0 atom stereocenters. The highest BCUT2D eigenvalue weighted by atomic mass is 19.1. The van der Waals surface area contributed by atoms with Gasteiger partial charge in [-0.1, -0.05) is 18.2 Å². The van der Waals surface area contributed by atoms with Crippen molar-refractivity contribution in [2.75, 3.05) is 6.61 Å². The highest BCUT2D eigenvalue weighted by Gasteiger charge is 2.12. The SMILES string of the molecule is CC#CCCCOc1cccc(CNC(=O)c2ccc3ncccc3c2)c1F. The number of rotatable bonds is 7. The Hall–Kier alpha value is -3.39. The van der Waals surface area contributed by atoms with E-state index in [9.17, 15) is 9.18 Å². The summed E-state index contributed by atoms with van der Waals surface area (Å²) in [5, 5.41) is 3.64. The molecule has 0 saturated heterocycles. The molecule has 3 rings (SSSR count). The van der Waals surface area contributed by atoms with Gasteiger partial charge in [0, 0.05) is 35.7 Å². The van der Waals surface area contributed by atoms with Gasteiger partial charge in [0.2, 0.25) is 0 Å². The van der Waals surface area contributed by atoms with Crippen LogP contribution in [0.5, 0.6) is 5.75 Å². The number of pyridine rings is 1. The zero-order valence-corrected chi connectivity index (χ0v) is 15.7. The molecule has 4 nitrogen and oxygen atoms in total. The number of ether oxygens (including phenoxy) is 1. The number of benzene rings is 2. The van der Waals surface area contributed by atoms with E-state index >= 15 is 0 Å². The average molecular weight is 376 g/mol. The van der Waals surface area contributed by atoms with E-state index in [-0.39, 0.29) is 18.2 Å². The van der Waals surface area contributed by atoms with Crippen molar-refractivity contribution in [3.05, 3.63) is 71.7 Å². The molecule has 2 aromatic carbocycles. The van der Waals surface area contributed by atoms with Crippen molar-refractivity contribution in [2.24, 2.45) is 0 Å². The predicted octanol–water partition coefficient (Wildman–Crippen LogP) is 4.49. The number of carbonyl (C=O) groups is 1. The number of nitrogens with zero attached hydrogens (tertiary/aromatic N) is 1.